The predicted molar refractivity (Wildman–Crippen MR) is 96.5 cm³/mol. The molecule has 6 heteroatoms. The Bertz CT molecular complexity index is 878. The minimum absolute atomic E-state index is 0.217. The highest BCUT2D eigenvalue weighted by atomic mass is 16.2. The Balaban J connectivity index is 2.09. The first-order valence-corrected chi connectivity index (χ1v) is 9.02. The molecule has 2 aromatic rings. The summed E-state index contributed by atoms with van der Waals surface area (Å²) in [6, 6.07) is 5.45. The molecule has 134 valence electrons. The molecule has 6 nitrogen and oxygen atoms in total. The molecule has 1 aromatic heterocycles. The highest BCUT2D eigenvalue weighted by Crippen LogP contribution is 2.29. The summed E-state index contributed by atoms with van der Waals surface area (Å²) in [5.41, 5.74) is 2.59. The third-order valence-electron chi connectivity index (χ3n) is 5.24. The maximum Gasteiger partial charge on any atom is 0.329 e. The first-order chi connectivity index (χ1) is 12.0. The van der Waals surface area contributed by atoms with Gasteiger partial charge in [-0.05, 0) is 42.9 Å². The third kappa shape index (κ3) is 3.01. The number of amides is 2. The fourth-order valence-electron chi connectivity index (χ4n) is 3.82. The van der Waals surface area contributed by atoms with Crippen LogP contribution in [0.1, 0.15) is 63.5 Å². The second-order valence-electron chi connectivity index (χ2n) is 6.82. The highest BCUT2D eigenvalue weighted by molar-refractivity contribution is 6.00. The van der Waals surface area contributed by atoms with Crippen LogP contribution in [0.3, 0.4) is 0 Å². The molecule has 1 saturated heterocycles. The number of piperidine rings is 1. The SMILES string of the molecule is CCCC(CC)c1ccc2c(c1)n(C)c(=O)n2C1CCC(=O)NC1=O. The summed E-state index contributed by atoms with van der Waals surface area (Å²) in [6.45, 7) is 4.36. The number of benzene rings is 1. The van der Waals surface area contributed by atoms with E-state index < -0.39 is 11.9 Å². The molecule has 2 unspecified atom stereocenters. The molecule has 0 saturated carbocycles. The first kappa shape index (κ1) is 17.5. The summed E-state index contributed by atoms with van der Waals surface area (Å²) in [5.74, 6) is -0.196. The summed E-state index contributed by atoms with van der Waals surface area (Å²) >= 11 is 0. The highest BCUT2D eigenvalue weighted by Gasteiger charge is 2.31. The number of hydrogen-bond acceptors (Lipinski definition) is 3. The van der Waals surface area contributed by atoms with E-state index >= 15 is 0 Å². The van der Waals surface area contributed by atoms with E-state index in [1.807, 2.05) is 6.07 Å². The van der Waals surface area contributed by atoms with Crippen molar-refractivity contribution < 1.29 is 9.59 Å². The number of hydrogen-bond donors (Lipinski definition) is 1. The summed E-state index contributed by atoms with van der Waals surface area (Å²) in [4.78, 5) is 36.4. The van der Waals surface area contributed by atoms with Gasteiger partial charge in [-0.3, -0.25) is 24.0 Å². The zero-order valence-electron chi connectivity index (χ0n) is 15.0. The van der Waals surface area contributed by atoms with E-state index in [1.54, 1.807) is 11.6 Å². The Hall–Kier alpha value is -2.37. The molecule has 0 radical (unpaired) electrons. The van der Waals surface area contributed by atoms with Crippen LogP contribution in [0.2, 0.25) is 0 Å². The predicted octanol–water partition coefficient (Wildman–Crippen LogP) is 2.61. The van der Waals surface area contributed by atoms with E-state index in [0.717, 1.165) is 30.3 Å². The third-order valence-corrected chi connectivity index (χ3v) is 5.24. The topological polar surface area (TPSA) is 73.1 Å². The molecule has 3 rings (SSSR count). The van der Waals surface area contributed by atoms with Gasteiger partial charge in [-0.15, -0.1) is 0 Å². The van der Waals surface area contributed by atoms with Crippen LogP contribution in [0, 0.1) is 0 Å². The quantitative estimate of drug-likeness (QED) is 0.848. The van der Waals surface area contributed by atoms with Crippen molar-refractivity contribution in [2.24, 2.45) is 7.05 Å². The monoisotopic (exact) mass is 343 g/mol. The summed E-state index contributed by atoms with van der Waals surface area (Å²) < 4.78 is 3.13. The van der Waals surface area contributed by atoms with Gasteiger partial charge in [0, 0.05) is 13.5 Å². The van der Waals surface area contributed by atoms with Crippen LogP contribution >= 0.6 is 0 Å². The van der Waals surface area contributed by atoms with Crippen LogP contribution in [0.15, 0.2) is 23.0 Å². The van der Waals surface area contributed by atoms with E-state index in [1.165, 1.54) is 10.1 Å². The number of nitrogens with zero attached hydrogens (tertiary/aromatic N) is 2. The normalized spacial score (nSPS) is 19.2. The van der Waals surface area contributed by atoms with Gasteiger partial charge in [0.05, 0.1) is 11.0 Å². The lowest BCUT2D eigenvalue weighted by atomic mass is 9.92. The van der Waals surface area contributed by atoms with Crippen molar-refractivity contribution in [3.05, 3.63) is 34.2 Å². The molecule has 2 amide bonds. The van der Waals surface area contributed by atoms with Crippen LogP contribution in [-0.2, 0) is 16.6 Å². The number of carbonyl (C=O) groups excluding carboxylic acids is 2. The fraction of sp³-hybridized carbons (Fsp3) is 0.526. The van der Waals surface area contributed by atoms with E-state index in [-0.39, 0.29) is 18.0 Å². The molecular weight excluding hydrogens is 318 g/mol. The van der Waals surface area contributed by atoms with Gasteiger partial charge in [-0.1, -0.05) is 26.3 Å². The number of fused-ring (bicyclic) bond motifs is 1. The van der Waals surface area contributed by atoms with Crippen molar-refractivity contribution in [1.82, 2.24) is 14.5 Å². The molecule has 1 aromatic carbocycles. The van der Waals surface area contributed by atoms with Gasteiger partial charge in [-0.25, -0.2) is 4.79 Å². The van der Waals surface area contributed by atoms with Crippen LogP contribution < -0.4 is 11.0 Å². The zero-order valence-corrected chi connectivity index (χ0v) is 15.0. The minimum atomic E-state index is -0.627. The second-order valence-corrected chi connectivity index (χ2v) is 6.82. The average Bonchev–Trinajstić information content (AvgIpc) is 2.84. The molecule has 2 atom stereocenters. The van der Waals surface area contributed by atoms with Gasteiger partial charge >= 0.3 is 5.69 Å². The van der Waals surface area contributed by atoms with E-state index in [2.05, 4.69) is 31.3 Å². The van der Waals surface area contributed by atoms with Crippen LogP contribution in [0.5, 0.6) is 0 Å². The molecule has 2 heterocycles. The zero-order chi connectivity index (χ0) is 18.1. The lowest BCUT2D eigenvalue weighted by molar-refractivity contribution is -0.135. The van der Waals surface area contributed by atoms with Crippen LogP contribution in [0.4, 0.5) is 0 Å². The van der Waals surface area contributed by atoms with Crippen molar-refractivity contribution in [2.45, 2.75) is 57.9 Å². The largest absolute Gasteiger partial charge is 0.329 e. The van der Waals surface area contributed by atoms with Crippen molar-refractivity contribution in [1.29, 1.82) is 0 Å². The molecule has 0 aliphatic carbocycles. The van der Waals surface area contributed by atoms with Crippen LogP contribution in [-0.4, -0.2) is 20.9 Å². The Kier molecular flexibility index (Phi) is 4.79. The van der Waals surface area contributed by atoms with E-state index in [9.17, 15) is 14.4 Å². The Morgan fingerprint density at radius 3 is 2.60 bits per heavy atom. The summed E-state index contributed by atoms with van der Waals surface area (Å²) in [6.07, 6.45) is 3.91. The number of nitrogens with one attached hydrogen (secondary N) is 1. The van der Waals surface area contributed by atoms with Gasteiger partial charge in [0.2, 0.25) is 11.8 Å². The van der Waals surface area contributed by atoms with Crippen molar-refractivity contribution >= 4 is 22.8 Å². The standard InChI is InChI=1S/C19H25N3O3/c1-4-6-12(5-2)13-7-8-14-16(11-13)21(3)19(25)22(14)15-9-10-17(23)20-18(15)24/h7-8,11-12,15H,4-6,9-10H2,1-3H3,(H,20,23,24). The Labute approximate surface area is 146 Å². The van der Waals surface area contributed by atoms with Gasteiger partial charge in [0.1, 0.15) is 6.04 Å². The number of aromatic nitrogens is 2. The van der Waals surface area contributed by atoms with Crippen molar-refractivity contribution in [3.8, 4) is 0 Å². The van der Waals surface area contributed by atoms with Gasteiger partial charge in [0.25, 0.3) is 0 Å². The summed E-state index contributed by atoms with van der Waals surface area (Å²) in [5, 5.41) is 2.34. The molecule has 1 fully saturated rings. The molecule has 1 aliphatic heterocycles. The van der Waals surface area contributed by atoms with E-state index in [0.29, 0.717) is 12.3 Å². The number of imidazole rings is 1. The average molecular weight is 343 g/mol. The molecule has 1 aliphatic rings. The number of aryl methyl sites for hydroxylation is 1. The van der Waals surface area contributed by atoms with Crippen molar-refractivity contribution in [3.63, 3.8) is 0 Å². The molecular formula is C19H25N3O3. The number of carbonyl (C=O) groups is 2. The molecule has 25 heavy (non-hydrogen) atoms. The van der Waals surface area contributed by atoms with E-state index in [4.69, 9.17) is 0 Å². The minimum Gasteiger partial charge on any atom is -0.295 e. The Morgan fingerprint density at radius 1 is 1.20 bits per heavy atom. The first-order valence-electron chi connectivity index (χ1n) is 9.02. The summed E-state index contributed by atoms with van der Waals surface area (Å²) in [7, 11) is 1.73. The lowest BCUT2D eigenvalue weighted by Crippen LogP contribution is -2.44. The van der Waals surface area contributed by atoms with Crippen LogP contribution in [0.25, 0.3) is 11.0 Å². The smallest absolute Gasteiger partial charge is 0.295 e. The molecule has 0 spiro atoms. The maximum absolute atomic E-state index is 12.8. The second kappa shape index (κ2) is 6.86. The Morgan fingerprint density at radius 2 is 1.96 bits per heavy atom. The molecule has 0 bridgehead atoms. The van der Waals surface area contributed by atoms with Gasteiger partial charge < -0.3 is 0 Å². The molecule has 1 N–H and O–H groups in total. The number of imide groups is 1. The lowest BCUT2D eigenvalue weighted by Gasteiger charge is -2.22. The van der Waals surface area contributed by atoms with Crippen molar-refractivity contribution in [2.75, 3.05) is 0 Å². The van der Waals surface area contributed by atoms with Gasteiger partial charge in [0.15, 0.2) is 0 Å². The maximum atomic E-state index is 12.8. The fourth-order valence-corrected chi connectivity index (χ4v) is 3.82. The number of rotatable bonds is 5. The van der Waals surface area contributed by atoms with Gasteiger partial charge in [-0.2, -0.15) is 0 Å².